The topological polar surface area (TPSA) is 35.5 Å². The highest BCUT2D eigenvalue weighted by molar-refractivity contribution is 8.05. The molecule has 0 spiro atoms. The van der Waals surface area contributed by atoms with Crippen LogP contribution in [0, 0.1) is 0 Å². The van der Waals surface area contributed by atoms with Crippen LogP contribution in [0.5, 0.6) is 0 Å². The van der Waals surface area contributed by atoms with Crippen LogP contribution < -0.4 is 0 Å². The number of halogens is 2. The molecule has 0 aliphatic heterocycles. The minimum atomic E-state index is -3.41. The Balaban J connectivity index is 3.41. The molecule has 0 aliphatic carbocycles. The lowest BCUT2D eigenvalue weighted by Crippen LogP contribution is -2.13. The molecule has 0 aromatic rings. The number of hydrogen-bond donors (Lipinski definition) is 0. The van der Waals surface area contributed by atoms with Crippen molar-refractivity contribution in [3.8, 4) is 0 Å². The molecule has 80 valence electrons. The van der Waals surface area contributed by atoms with Crippen LogP contribution in [-0.4, -0.2) is 19.3 Å². The second-order valence-corrected chi connectivity index (χ2v) is 6.99. The van der Waals surface area contributed by atoms with E-state index < -0.39 is 6.07 Å². The highest BCUT2D eigenvalue weighted by Crippen LogP contribution is 2.58. The smallest absolute Gasteiger partial charge is 0.379 e. The van der Waals surface area contributed by atoms with E-state index in [-0.39, 0.29) is 6.10 Å². The van der Waals surface area contributed by atoms with E-state index in [1.807, 2.05) is 0 Å². The van der Waals surface area contributed by atoms with E-state index in [1.54, 1.807) is 6.92 Å². The first-order valence-electron chi connectivity index (χ1n) is 4.21. The highest BCUT2D eigenvalue weighted by Gasteiger charge is 2.18. The zero-order chi connectivity index (χ0) is 10.3. The van der Waals surface area contributed by atoms with Gasteiger partial charge in [-0.05, 0) is 35.8 Å². The van der Waals surface area contributed by atoms with Gasteiger partial charge in [-0.25, -0.2) is 0 Å². The van der Waals surface area contributed by atoms with Gasteiger partial charge in [0.15, 0.2) is 0 Å². The van der Waals surface area contributed by atoms with Crippen molar-refractivity contribution >= 4 is 28.6 Å². The third kappa shape index (κ3) is 10.7. The van der Waals surface area contributed by atoms with E-state index in [0.717, 1.165) is 12.8 Å². The lowest BCUT2D eigenvalue weighted by molar-refractivity contribution is 0.0616. The Hall–Kier alpha value is 0.730. The minimum Gasteiger partial charge on any atom is -0.379 e. The van der Waals surface area contributed by atoms with Crippen molar-refractivity contribution in [1.82, 2.24) is 0 Å². The zero-order valence-corrected chi connectivity index (χ0v) is 10.2. The average molecular weight is 249 g/mol. The minimum absolute atomic E-state index is 0.335. The van der Waals surface area contributed by atoms with E-state index in [0.29, 0.717) is 13.2 Å². The fourth-order valence-corrected chi connectivity index (χ4v) is 2.03. The Morgan fingerprint density at radius 3 is 2.54 bits per heavy atom. The maximum Gasteiger partial charge on any atom is 0.380 e. The van der Waals surface area contributed by atoms with Crippen molar-refractivity contribution in [1.29, 1.82) is 0 Å². The van der Waals surface area contributed by atoms with Gasteiger partial charge in [-0.2, -0.15) is 0 Å². The molecule has 0 bridgehead atoms. The first-order chi connectivity index (χ1) is 5.95. The van der Waals surface area contributed by atoms with Crippen LogP contribution in [0.25, 0.3) is 0 Å². The molecule has 1 unspecified atom stereocenters. The molecule has 3 nitrogen and oxygen atoms in total. The summed E-state index contributed by atoms with van der Waals surface area (Å²) in [6.07, 6.45) is -1.66. The van der Waals surface area contributed by atoms with Gasteiger partial charge in [0.2, 0.25) is 0 Å². The SMILES string of the molecule is CCCCOCC(C)OP(=O)(Cl)Cl. The van der Waals surface area contributed by atoms with Crippen molar-refractivity contribution in [3.05, 3.63) is 0 Å². The summed E-state index contributed by atoms with van der Waals surface area (Å²) in [6, 6.07) is 0. The quantitative estimate of drug-likeness (QED) is 0.508. The second-order valence-electron chi connectivity index (χ2n) is 2.76. The van der Waals surface area contributed by atoms with Crippen LogP contribution in [0.15, 0.2) is 0 Å². The van der Waals surface area contributed by atoms with Gasteiger partial charge in [0.25, 0.3) is 0 Å². The van der Waals surface area contributed by atoms with E-state index in [1.165, 1.54) is 0 Å². The predicted octanol–water partition coefficient (Wildman–Crippen LogP) is 3.79. The van der Waals surface area contributed by atoms with E-state index >= 15 is 0 Å². The summed E-state index contributed by atoms with van der Waals surface area (Å²) in [5.74, 6) is 0. The molecule has 13 heavy (non-hydrogen) atoms. The van der Waals surface area contributed by atoms with Crippen molar-refractivity contribution in [3.63, 3.8) is 0 Å². The Kier molecular flexibility index (Phi) is 7.48. The van der Waals surface area contributed by atoms with E-state index in [4.69, 9.17) is 31.7 Å². The molecule has 0 radical (unpaired) electrons. The van der Waals surface area contributed by atoms with Gasteiger partial charge in [-0.1, -0.05) is 13.3 Å². The first kappa shape index (κ1) is 13.7. The molecule has 0 saturated carbocycles. The van der Waals surface area contributed by atoms with Crippen LogP contribution in [0.1, 0.15) is 26.7 Å². The third-order valence-corrected chi connectivity index (χ3v) is 2.38. The molecule has 0 aromatic heterocycles. The van der Waals surface area contributed by atoms with Crippen LogP contribution in [0.3, 0.4) is 0 Å². The summed E-state index contributed by atoms with van der Waals surface area (Å²) in [4.78, 5) is 0. The molecule has 0 fully saturated rings. The van der Waals surface area contributed by atoms with Crippen molar-refractivity contribution < 1.29 is 13.8 Å². The lowest BCUT2D eigenvalue weighted by atomic mass is 10.4. The van der Waals surface area contributed by atoms with Gasteiger partial charge in [0.05, 0.1) is 12.7 Å². The van der Waals surface area contributed by atoms with Crippen LogP contribution in [0.2, 0.25) is 0 Å². The summed E-state index contributed by atoms with van der Waals surface area (Å²) in [5, 5.41) is 0. The third-order valence-electron chi connectivity index (χ3n) is 1.30. The molecule has 0 amide bonds. The number of ether oxygens (including phenoxy) is 1. The summed E-state index contributed by atoms with van der Waals surface area (Å²) in [7, 11) is 0. The maximum atomic E-state index is 10.8. The van der Waals surface area contributed by atoms with Gasteiger partial charge < -0.3 is 9.26 Å². The molecule has 0 rings (SSSR count). The highest BCUT2D eigenvalue weighted by atomic mass is 35.9. The largest absolute Gasteiger partial charge is 0.380 e. The molecule has 0 heterocycles. The standard InChI is InChI=1S/C7H15Cl2O3P/c1-3-4-5-11-6-7(2)12-13(8,9)10/h7H,3-6H2,1-2H3. The average Bonchev–Trinajstić information content (AvgIpc) is 1.94. The Labute approximate surface area is 88.7 Å². The van der Waals surface area contributed by atoms with Gasteiger partial charge in [-0.3, -0.25) is 4.57 Å². The van der Waals surface area contributed by atoms with Crippen LogP contribution in [0.4, 0.5) is 0 Å². The van der Waals surface area contributed by atoms with Gasteiger partial charge in [0, 0.05) is 6.61 Å². The molecule has 0 saturated heterocycles. The lowest BCUT2D eigenvalue weighted by Gasteiger charge is -2.13. The maximum absolute atomic E-state index is 10.8. The first-order valence-corrected chi connectivity index (χ1v) is 7.64. The molecule has 1 atom stereocenters. The van der Waals surface area contributed by atoms with E-state index in [2.05, 4.69) is 6.92 Å². The van der Waals surface area contributed by atoms with Crippen molar-refractivity contribution in [2.45, 2.75) is 32.8 Å². The monoisotopic (exact) mass is 248 g/mol. The Morgan fingerprint density at radius 1 is 1.46 bits per heavy atom. The fourth-order valence-electron chi connectivity index (χ4n) is 0.736. The molecule has 6 heteroatoms. The van der Waals surface area contributed by atoms with Crippen molar-refractivity contribution in [2.24, 2.45) is 0 Å². The summed E-state index contributed by atoms with van der Waals surface area (Å²) in [5.41, 5.74) is 0. The molecule has 0 aliphatic rings. The Morgan fingerprint density at radius 2 is 2.08 bits per heavy atom. The zero-order valence-electron chi connectivity index (χ0n) is 7.83. The molecular weight excluding hydrogens is 234 g/mol. The van der Waals surface area contributed by atoms with Crippen molar-refractivity contribution in [2.75, 3.05) is 13.2 Å². The summed E-state index contributed by atoms with van der Waals surface area (Å²) >= 11 is 10.4. The van der Waals surface area contributed by atoms with Crippen LogP contribution in [-0.2, 0) is 13.8 Å². The predicted molar refractivity (Wildman–Crippen MR) is 55.6 cm³/mol. The second kappa shape index (κ2) is 7.08. The number of unbranched alkanes of at least 4 members (excludes halogenated alkanes) is 1. The summed E-state index contributed by atoms with van der Waals surface area (Å²) in [6.45, 7) is 4.83. The number of rotatable bonds is 7. The number of hydrogen-bond acceptors (Lipinski definition) is 3. The van der Waals surface area contributed by atoms with Crippen LogP contribution >= 0.6 is 28.6 Å². The van der Waals surface area contributed by atoms with Gasteiger partial charge in [-0.15, -0.1) is 0 Å². The molecule has 0 aromatic carbocycles. The normalized spacial score (nSPS) is 14.5. The van der Waals surface area contributed by atoms with Gasteiger partial charge >= 0.3 is 6.07 Å². The summed E-state index contributed by atoms with van der Waals surface area (Å²) < 4.78 is 20.8. The molecule has 0 N–H and O–H groups in total. The van der Waals surface area contributed by atoms with Gasteiger partial charge in [0.1, 0.15) is 0 Å². The fraction of sp³-hybridized carbons (Fsp3) is 1.00. The van der Waals surface area contributed by atoms with E-state index in [9.17, 15) is 4.57 Å². The molecular formula is C7H15Cl2O3P. The Bertz CT molecular complexity index is 171.